The largest absolute Gasteiger partial charge is 0.463 e. The Hall–Kier alpha value is -2.20. The normalized spacial score (nSPS) is 28.3. The van der Waals surface area contributed by atoms with E-state index in [1.807, 2.05) is 0 Å². The molecule has 10 nitrogen and oxygen atoms in total. The highest BCUT2D eigenvalue weighted by Crippen LogP contribution is 2.43. The van der Waals surface area contributed by atoms with E-state index in [1.54, 1.807) is 0 Å². The molecule has 0 aromatic rings. The van der Waals surface area contributed by atoms with Gasteiger partial charge >= 0.3 is 11.9 Å². The van der Waals surface area contributed by atoms with Gasteiger partial charge in [-0.1, -0.05) is 57.4 Å². The van der Waals surface area contributed by atoms with Gasteiger partial charge in [-0.05, 0) is 127 Å². The zero-order valence-corrected chi connectivity index (χ0v) is 33.3. The van der Waals surface area contributed by atoms with Gasteiger partial charge in [0.1, 0.15) is 12.9 Å². The zero-order chi connectivity index (χ0) is 38.1. The fraction of sp³-hybridized carbons (Fsp3) is 0.841. The van der Waals surface area contributed by atoms with Gasteiger partial charge in [-0.15, -0.1) is 0 Å². The first-order valence-corrected chi connectivity index (χ1v) is 21.6. The molecule has 4 atom stereocenters. The predicted octanol–water partition coefficient (Wildman–Crippen LogP) is 9.64. The van der Waals surface area contributed by atoms with Gasteiger partial charge in [0.05, 0.1) is 43.5 Å². The molecule has 0 bridgehead atoms. The van der Waals surface area contributed by atoms with Crippen LogP contribution in [0.2, 0.25) is 0 Å². The molecule has 4 rings (SSSR count). The number of fused-ring (bicyclic) bond motifs is 1. The van der Waals surface area contributed by atoms with E-state index in [0.717, 1.165) is 161 Å². The Morgan fingerprint density at radius 2 is 1.04 bits per heavy atom. The topological polar surface area (TPSA) is 108 Å². The van der Waals surface area contributed by atoms with Crippen LogP contribution in [-0.4, -0.2) is 75.7 Å². The second-order valence-electron chi connectivity index (χ2n) is 16.0. The molecule has 0 amide bonds. The van der Waals surface area contributed by atoms with E-state index in [4.69, 9.17) is 38.2 Å². The number of carbonyl (C=O) groups is 2. The first kappa shape index (κ1) is 44.5. The summed E-state index contributed by atoms with van der Waals surface area (Å²) in [6.07, 6.45) is 28.8. The molecule has 4 aliphatic carbocycles. The molecule has 0 aromatic heterocycles. The Balaban J connectivity index is 0.946. The summed E-state index contributed by atoms with van der Waals surface area (Å²) in [6, 6.07) is 0. The minimum absolute atomic E-state index is 0.0212. The van der Waals surface area contributed by atoms with E-state index < -0.39 is 0 Å². The molecule has 0 aromatic carbocycles. The van der Waals surface area contributed by atoms with Crippen molar-refractivity contribution < 1.29 is 47.8 Å². The van der Waals surface area contributed by atoms with E-state index in [-0.39, 0.29) is 42.3 Å². The molecule has 10 heteroatoms. The number of rotatable bonds is 27. The maximum atomic E-state index is 13.1. The van der Waals surface area contributed by atoms with E-state index in [2.05, 4.69) is 18.9 Å². The van der Waals surface area contributed by atoms with Gasteiger partial charge < -0.3 is 33.3 Å². The van der Waals surface area contributed by atoms with Crippen LogP contribution in [0.4, 0.5) is 0 Å². The van der Waals surface area contributed by atoms with Crippen molar-refractivity contribution in [2.75, 3.05) is 33.2 Å². The van der Waals surface area contributed by atoms with Crippen LogP contribution in [0, 0.1) is 17.8 Å². The molecule has 4 aliphatic rings. The molecule has 4 fully saturated rings. The first-order valence-electron chi connectivity index (χ1n) is 21.6. The SMILES string of the molecule is C=C=COOCCCCCCOC1CCC(OCOC2CCC3CC(OC(=O)C4CCC(OCCCCCCCCOC(=O)C=C)CC4)CCC3C2)CC1. The maximum absolute atomic E-state index is 13.1. The summed E-state index contributed by atoms with van der Waals surface area (Å²) < 4.78 is 35.9. The van der Waals surface area contributed by atoms with Crippen molar-refractivity contribution in [3.63, 3.8) is 0 Å². The molecule has 0 saturated heterocycles. The van der Waals surface area contributed by atoms with Crippen molar-refractivity contribution in [2.24, 2.45) is 17.8 Å². The van der Waals surface area contributed by atoms with Gasteiger partial charge in [0.15, 0.2) is 6.26 Å². The molecule has 0 spiro atoms. The fourth-order valence-electron chi connectivity index (χ4n) is 8.76. The second-order valence-corrected chi connectivity index (χ2v) is 16.0. The molecule has 0 aliphatic heterocycles. The van der Waals surface area contributed by atoms with Crippen LogP contribution in [-0.2, 0) is 47.8 Å². The minimum atomic E-state index is -0.342. The number of unbranched alkanes of at least 4 members (excludes halogenated alkanes) is 8. The third kappa shape index (κ3) is 18.2. The third-order valence-corrected chi connectivity index (χ3v) is 12.0. The van der Waals surface area contributed by atoms with Crippen molar-refractivity contribution in [3.8, 4) is 0 Å². The Kier molecular flexibility index (Phi) is 22.6. The molecule has 0 N–H and O–H groups in total. The van der Waals surface area contributed by atoms with Crippen molar-refractivity contribution >= 4 is 11.9 Å². The molecular weight excluding hydrogens is 688 g/mol. The van der Waals surface area contributed by atoms with Gasteiger partial charge in [0.25, 0.3) is 0 Å². The lowest BCUT2D eigenvalue weighted by molar-refractivity contribution is -0.248. The number of hydrogen-bond donors (Lipinski definition) is 0. The summed E-state index contributed by atoms with van der Waals surface area (Å²) in [4.78, 5) is 33.9. The maximum Gasteiger partial charge on any atom is 0.330 e. The zero-order valence-electron chi connectivity index (χ0n) is 33.3. The lowest BCUT2D eigenvalue weighted by Crippen LogP contribution is -2.38. The average molecular weight is 761 g/mol. The lowest BCUT2D eigenvalue weighted by atomic mass is 9.69. The van der Waals surface area contributed by atoms with Gasteiger partial charge in [0.2, 0.25) is 0 Å². The second kappa shape index (κ2) is 27.4. The predicted molar refractivity (Wildman–Crippen MR) is 207 cm³/mol. The van der Waals surface area contributed by atoms with E-state index in [9.17, 15) is 9.59 Å². The summed E-state index contributed by atoms with van der Waals surface area (Å²) in [5, 5.41) is 0. The summed E-state index contributed by atoms with van der Waals surface area (Å²) >= 11 is 0. The van der Waals surface area contributed by atoms with Crippen molar-refractivity contribution in [1.29, 1.82) is 0 Å². The summed E-state index contributed by atoms with van der Waals surface area (Å²) in [5.41, 5.74) is 2.50. The molecule has 0 heterocycles. The highest BCUT2D eigenvalue weighted by Gasteiger charge is 2.38. The molecule has 54 heavy (non-hydrogen) atoms. The molecular formula is C44H72O10. The van der Waals surface area contributed by atoms with Crippen LogP contribution in [0.15, 0.2) is 31.2 Å². The Labute approximate surface area is 326 Å². The van der Waals surface area contributed by atoms with E-state index >= 15 is 0 Å². The van der Waals surface area contributed by atoms with Crippen LogP contribution in [0.3, 0.4) is 0 Å². The quantitative estimate of drug-likeness (QED) is 0.0117. The smallest absolute Gasteiger partial charge is 0.330 e. The highest BCUT2D eigenvalue weighted by molar-refractivity contribution is 5.81. The lowest BCUT2D eigenvalue weighted by Gasteiger charge is -2.42. The average Bonchev–Trinajstić information content (AvgIpc) is 3.20. The van der Waals surface area contributed by atoms with Gasteiger partial charge in [-0.3, -0.25) is 4.79 Å². The van der Waals surface area contributed by atoms with Gasteiger partial charge in [-0.2, -0.15) is 4.89 Å². The Morgan fingerprint density at radius 3 is 1.65 bits per heavy atom. The monoisotopic (exact) mass is 761 g/mol. The van der Waals surface area contributed by atoms with Gasteiger partial charge in [0, 0.05) is 19.3 Å². The van der Waals surface area contributed by atoms with Crippen LogP contribution >= 0.6 is 0 Å². The van der Waals surface area contributed by atoms with Crippen LogP contribution in [0.5, 0.6) is 0 Å². The molecule has 0 radical (unpaired) electrons. The van der Waals surface area contributed by atoms with Crippen molar-refractivity contribution in [3.05, 3.63) is 31.2 Å². The van der Waals surface area contributed by atoms with Crippen molar-refractivity contribution in [1.82, 2.24) is 0 Å². The van der Waals surface area contributed by atoms with Crippen LogP contribution in [0.1, 0.15) is 154 Å². The minimum Gasteiger partial charge on any atom is -0.463 e. The number of ether oxygens (including phenoxy) is 6. The van der Waals surface area contributed by atoms with Crippen LogP contribution < -0.4 is 0 Å². The van der Waals surface area contributed by atoms with Crippen molar-refractivity contribution in [2.45, 2.75) is 185 Å². The Bertz CT molecular complexity index is 1080. The summed E-state index contributed by atoms with van der Waals surface area (Å²) in [7, 11) is 0. The molecule has 4 saturated carbocycles. The van der Waals surface area contributed by atoms with Gasteiger partial charge in [-0.25, -0.2) is 4.79 Å². The summed E-state index contributed by atoms with van der Waals surface area (Å²) in [5.74, 6) is 0.995. The number of esters is 2. The molecule has 308 valence electrons. The molecule has 4 unspecified atom stereocenters. The highest BCUT2D eigenvalue weighted by atomic mass is 17.2. The van der Waals surface area contributed by atoms with Crippen LogP contribution in [0.25, 0.3) is 0 Å². The first-order chi connectivity index (χ1) is 26.5. The third-order valence-electron chi connectivity index (χ3n) is 12.0. The van der Waals surface area contributed by atoms with E-state index in [0.29, 0.717) is 37.9 Å². The standard InChI is InChI=1S/C44H72O10/c1-3-27-52-53-31-14-10-9-12-29-48-39-23-25-40(26-24-39)50-34-51-41-21-17-37-33-42(22-18-36(37)32-41)54-44(46)35-15-19-38(20-16-35)47-28-11-7-5-6-8-13-30-49-43(45)4-2/h4,27,35-42H,1-2,5-26,28-34H2. The summed E-state index contributed by atoms with van der Waals surface area (Å²) in [6.45, 7) is 9.89. The Morgan fingerprint density at radius 1 is 0.556 bits per heavy atom. The number of carbonyl (C=O) groups excluding carboxylic acids is 2. The van der Waals surface area contributed by atoms with E-state index in [1.165, 1.54) is 18.8 Å². The fourth-order valence-corrected chi connectivity index (χ4v) is 8.76. The number of hydrogen-bond acceptors (Lipinski definition) is 10.